The summed E-state index contributed by atoms with van der Waals surface area (Å²) in [5.41, 5.74) is 7.77. The van der Waals surface area contributed by atoms with Gasteiger partial charge in [-0.1, -0.05) is 26.8 Å². The molecule has 3 aromatic heterocycles. The third-order valence-corrected chi connectivity index (χ3v) is 6.13. The first-order chi connectivity index (χ1) is 15.1. The van der Waals surface area contributed by atoms with Gasteiger partial charge < -0.3 is 4.42 Å². The molecule has 0 N–H and O–H groups in total. The molecule has 0 aliphatic rings. The molecule has 0 aliphatic carbocycles. The number of furan rings is 1. The van der Waals surface area contributed by atoms with Gasteiger partial charge in [0.15, 0.2) is 5.52 Å². The number of hydrogen-bond acceptors (Lipinski definition) is 3. The lowest BCUT2D eigenvalue weighted by molar-refractivity contribution is -0.662. The van der Waals surface area contributed by atoms with E-state index in [9.17, 15) is 4.39 Å². The van der Waals surface area contributed by atoms with Crippen molar-refractivity contribution in [1.29, 1.82) is 0 Å². The van der Waals surface area contributed by atoms with E-state index in [4.69, 9.17) is 9.40 Å². The number of hydrogen-bond donors (Lipinski definition) is 0. The third kappa shape index (κ3) is 3.32. The minimum atomic E-state index is -0.544. The molecule has 0 unspecified atom stereocenters. The van der Waals surface area contributed by atoms with Crippen LogP contribution in [0.3, 0.4) is 0 Å². The van der Waals surface area contributed by atoms with E-state index in [1.54, 1.807) is 6.07 Å². The molecule has 0 atom stereocenters. The van der Waals surface area contributed by atoms with Gasteiger partial charge in [0.1, 0.15) is 11.3 Å². The summed E-state index contributed by atoms with van der Waals surface area (Å²) in [7, 11) is 2.00. The highest BCUT2D eigenvalue weighted by molar-refractivity contribution is 6.11. The number of rotatable bonds is 2. The quantitative estimate of drug-likeness (QED) is 0.242. The first-order valence-corrected chi connectivity index (χ1v) is 10.9. The van der Waals surface area contributed by atoms with E-state index in [1.165, 1.54) is 11.6 Å². The van der Waals surface area contributed by atoms with Crippen LogP contribution in [0, 0.1) is 25.2 Å². The summed E-state index contributed by atoms with van der Waals surface area (Å²) < 4.78 is 22.0. The lowest BCUT2D eigenvalue weighted by Crippen LogP contribution is -2.32. The van der Waals surface area contributed by atoms with Crippen LogP contribution in [0.5, 0.6) is 0 Å². The van der Waals surface area contributed by atoms with Gasteiger partial charge in [-0.25, -0.2) is 4.57 Å². The Balaban J connectivity index is 1.85. The monoisotopic (exact) mass is 428 g/mol. The van der Waals surface area contributed by atoms with Crippen molar-refractivity contribution in [3.8, 4) is 11.3 Å². The number of benzene rings is 2. The second kappa shape index (κ2) is 7.09. The van der Waals surface area contributed by atoms with Crippen LogP contribution in [0.2, 0.25) is 0 Å². The third-order valence-electron chi connectivity index (χ3n) is 6.13. The molecule has 5 heteroatoms. The maximum atomic E-state index is 13.8. The highest BCUT2D eigenvalue weighted by Crippen LogP contribution is 2.40. The van der Waals surface area contributed by atoms with E-state index < -0.39 is 5.95 Å². The first-order valence-electron chi connectivity index (χ1n) is 10.9. The van der Waals surface area contributed by atoms with Gasteiger partial charge in [0, 0.05) is 10.8 Å². The molecule has 0 saturated heterocycles. The molecule has 4 nitrogen and oxygen atoms in total. The van der Waals surface area contributed by atoms with Crippen molar-refractivity contribution in [2.45, 2.75) is 41.0 Å². The van der Waals surface area contributed by atoms with Crippen LogP contribution < -0.4 is 4.57 Å². The zero-order valence-electron chi connectivity index (χ0n) is 19.4. The van der Waals surface area contributed by atoms with Crippen LogP contribution in [0.4, 0.5) is 4.39 Å². The molecule has 0 spiro atoms. The van der Waals surface area contributed by atoms with Crippen molar-refractivity contribution in [1.82, 2.24) is 9.97 Å². The predicted octanol–water partition coefficient (Wildman–Crippen LogP) is 6.37. The second-order valence-electron chi connectivity index (χ2n) is 9.95. The van der Waals surface area contributed by atoms with Gasteiger partial charge >= 0.3 is 0 Å². The fourth-order valence-corrected chi connectivity index (χ4v) is 4.60. The zero-order valence-corrected chi connectivity index (χ0v) is 19.4. The standard InChI is InChI=1S/C27H27FN3O/c1-15-11-20-18-9-10-22(28)30-26(18)32-25(20)23(16(15)2)24-19-8-7-17(13-27(3,4)5)12-21(19)29-14-31(24)6/h7-12,14H,13H2,1-6H3/q+1. The fraction of sp³-hybridized carbons (Fsp3) is 0.296. The van der Waals surface area contributed by atoms with E-state index in [1.807, 2.05) is 17.9 Å². The molecule has 0 bridgehead atoms. The van der Waals surface area contributed by atoms with Crippen LogP contribution >= 0.6 is 0 Å². The fourth-order valence-electron chi connectivity index (χ4n) is 4.60. The van der Waals surface area contributed by atoms with E-state index in [2.05, 4.69) is 63.9 Å². The van der Waals surface area contributed by atoms with Crippen molar-refractivity contribution in [3.63, 3.8) is 0 Å². The lowest BCUT2D eigenvalue weighted by Gasteiger charge is -2.18. The summed E-state index contributed by atoms with van der Waals surface area (Å²) in [4.78, 5) is 8.70. The van der Waals surface area contributed by atoms with Crippen LogP contribution in [0.25, 0.3) is 44.2 Å². The molecule has 3 heterocycles. The van der Waals surface area contributed by atoms with Gasteiger partial charge in [-0.05, 0) is 77.7 Å². The Bertz CT molecular complexity index is 1530. The molecule has 162 valence electrons. The molecule has 32 heavy (non-hydrogen) atoms. The van der Waals surface area contributed by atoms with Crippen LogP contribution in [0.15, 0.2) is 47.1 Å². The molecule has 5 aromatic rings. The predicted molar refractivity (Wildman–Crippen MR) is 126 cm³/mol. The van der Waals surface area contributed by atoms with E-state index in [0.717, 1.165) is 56.1 Å². The highest BCUT2D eigenvalue weighted by atomic mass is 19.1. The molecule has 0 aliphatic heterocycles. The summed E-state index contributed by atoms with van der Waals surface area (Å²) in [6.07, 6.45) is 2.84. The van der Waals surface area contributed by atoms with Gasteiger partial charge in [0.05, 0.1) is 18.0 Å². The van der Waals surface area contributed by atoms with Gasteiger partial charge in [0.25, 0.3) is 6.33 Å². The van der Waals surface area contributed by atoms with Crippen LogP contribution in [-0.4, -0.2) is 9.97 Å². The Hall–Kier alpha value is -3.34. The Morgan fingerprint density at radius 3 is 2.50 bits per heavy atom. The SMILES string of the molecule is Cc1cc2c(oc3nc(F)ccc32)c(-c2c3ccc(CC(C)(C)C)cc3nc[n+]2C)c1C. The molecule has 0 fully saturated rings. The molecule has 5 rings (SSSR count). The average molecular weight is 429 g/mol. The van der Waals surface area contributed by atoms with E-state index in [0.29, 0.717) is 5.71 Å². The maximum absolute atomic E-state index is 13.8. The average Bonchev–Trinajstić information content (AvgIpc) is 3.05. The minimum absolute atomic E-state index is 0.200. The Morgan fingerprint density at radius 1 is 1.00 bits per heavy atom. The number of pyridine rings is 1. The maximum Gasteiger partial charge on any atom is 0.287 e. The molecule has 0 amide bonds. The Labute approximate surface area is 186 Å². The van der Waals surface area contributed by atoms with Crippen molar-refractivity contribution in [3.05, 3.63) is 65.4 Å². The smallest absolute Gasteiger partial charge is 0.287 e. The van der Waals surface area contributed by atoms with E-state index >= 15 is 0 Å². The van der Waals surface area contributed by atoms with Gasteiger partial charge in [-0.3, -0.25) is 0 Å². The van der Waals surface area contributed by atoms with Crippen molar-refractivity contribution >= 4 is 33.0 Å². The number of nitrogens with zero attached hydrogens (tertiary/aromatic N) is 3. The van der Waals surface area contributed by atoms with Gasteiger partial charge in [-0.15, -0.1) is 0 Å². The summed E-state index contributed by atoms with van der Waals surface area (Å²) in [5, 5.41) is 2.82. The van der Waals surface area contributed by atoms with E-state index in [-0.39, 0.29) is 5.41 Å². The number of halogens is 1. The van der Waals surface area contributed by atoms with Crippen LogP contribution in [-0.2, 0) is 13.5 Å². The van der Waals surface area contributed by atoms with Gasteiger partial charge in [0.2, 0.25) is 11.7 Å². The lowest BCUT2D eigenvalue weighted by atomic mass is 9.87. The number of aryl methyl sites for hydroxylation is 2. The normalized spacial score (nSPS) is 12.3. The number of fused-ring (bicyclic) bond motifs is 4. The summed E-state index contributed by atoms with van der Waals surface area (Å²) in [6.45, 7) is 10.9. The highest BCUT2D eigenvalue weighted by Gasteiger charge is 2.24. The number of aromatic nitrogens is 3. The van der Waals surface area contributed by atoms with Crippen LogP contribution in [0.1, 0.15) is 37.5 Å². The molecule has 2 aromatic carbocycles. The largest absolute Gasteiger partial charge is 0.437 e. The Morgan fingerprint density at radius 2 is 1.75 bits per heavy atom. The second-order valence-corrected chi connectivity index (χ2v) is 9.95. The first kappa shape index (κ1) is 20.6. The minimum Gasteiger partial charge on any atom is -0.437 e. The topological polar surface area (TPSA) is 42.8 Å². The zero-order chi connectivity index (χ0) is 22.8. The van der Waals surface area contributed by atoms with Crippen molar-refractivity contribution in [2.24, 2.45) is 12.5 Å². The molecule has 0 radical (unpaired) electrons. The Kier molecular flexibility index (Phi) is 4.55. The molecular weight excluding hydrogens is 401 g/mol. The van der Waals surface area contributed by atoms with Crippen molar-refractivity contribution < 1.29 is 13.4 Å². The summed E-state index contributed by atoms with van der Waals surface area (Å²) in [5.74, 6) is -0.544. The van der Waals surface area contributed by atoms with Crippen molar-refractivity contribution in [2.75, 3.05) is 0 Å². The summed E-state index contributed by atoms with van der Waals surface area (Å²) in [6, 6.07) is 11.8. The van der Waals surface area contributed by atoms with Gasteiger partial charge in [-0.2, -0.15) is 9.37 Å². The summed E-state index contributed by atoms with van der Waals surface area (Å²) >= 11 is 0. The molecule has 0 saturated carbocycles. The molecular formula is C27H27FN3O+.